The molecule has 0 aromatic heterocycles. The molecule has 0 saturated carbocycles. The van der Waals surface area contributed by atoms with Gasteiger partial charge in [0.05, 0.1) is 0 Å². The first kappa shape index (κ1) is 15.5. The molecule has 2 heteroatoms. The van der Waals surface area contributed by atoms with Crippen molar-refractivity contribution in [3.8, 4) is 11.1 Å². The maximum absolute atomic E-state index is 13.0. The average molecular weight is 399 g/mol. The van der Waals surface area contributed by atoms with Gasteiger partial charge >= 0.3 is 136 Å². The van der Waals surface area contributed by atoms with Crippen LogP contribution in [0.15, 0.2) is 60.7 Å². The van der Waals surface area contributed by atoms with Crippen molar-refractivity contribution in [2.24, 2.45) is 0 Å². The number of fused-ring (bicyclic) bond motifs is 1. The van der Waals surface area contributed by atoms with Gasteiger partial charge in [-0.05, 0) is 0 Å². The Morgan fingerprint density at radius 3 is 2.00 bits per heavy atom. The Bertz CT molecular complexity index is 798. The monoisotopic (exact) mass is 400 g/mol. The predicted octanol–water partition coefficient (Wildman–Crippen LogP) is 6.07. The van der Waals surface area contributed by atoms with Crippen LogP contribution in [0.5, 0.6) is 0 Å². The summed E-state index contributed by atoms with van der Waals surface area (Å²) in [6.07, 6.45) is 0. The van der Waals surface area contributed by atoms with Gasteiger partial charge in [0.2, 0.25) is 0 Å². The van der Waals surface area contributed by atoms with Gasteiger partial charge in [-0.1, -0.05) is 0 Å². The molecule has 3 rings (SSSR count). The summed E-state index contributed by atoms with van der Waals surface area (Å²) in [5.74, 6) is -0.192. The number of benzene rings is 3. The second-order valence-electron chi connectivity index (χ2n) is 7.14. The van der Waals surface area contributed by atoms with Gasteiger partial charge < -0.3 is 0 Å². The van der Waals surface area contributed by atoms with E-state index in [0.29, 0.717) is 0 Å². The van der Waals surface area contributed by atoms with Gasteiger partial charge in [0.25, 0.3) is 0 Å². The molecule has 3 aromatic carbocycles. The van der Waals surface area contributed by atoms with Gasteiger partial charge in [-0.15, -0.1) is 0 Å². The second kappa shape index (κ2) is 6.04. The van der Waals surface area contributed by atoms with Crippen LogP contribution in [0.25, 0.3) is 21.9 Å². The summed E-state index contributed by atoms with van der Waals surface area (Å²) in [6.45, 7) is 0. The van der Waals surface area contributed by atoms with Crippen molar-refractivity contribution < 1.29 is 4.39 Å². The summed E-state index contributed by atoms with van der Waals surface area (Å²) in [5.41, 5.74) is 3.65. The molecule has 0 aliphatic rings. The van der Waals surface area contributed by atoms with E-state index in [2.05, 4.69) is 51.2 Å². The molecular weight excluding hydrogens is 378 g/mol. The molecule has 0 fully saturated rings. The Morgan fingerprint density at radius 2 is 1.32 bits per heavy atom. The first-order valence-corrected chi connectivity index (χ1v) is 18.3. The Hall–Kier alpha value is -1.35. The zero-order valence-corrected chi connectivity index (χ0v) is 16.2. The Labute approximate surface area is 135 Å². The molecule has 0 N–H and O–H groups in total. The minimum atomic E-state index is -1.80. The second-order valence-corrected chi connectivity index (χ2v) is 22.8. The van der Waals surface area contributed by atoms with Crippen molar-refractivity contribution in [3.05, 3.63) is 72.0 Å². The van der Waals surface area contributed by atoms with Crippen LogP contribution in [-0.4, -0.2) is 18.4 Å². The first-order chi connectivity index (χ1) is 10.4. The molecule has 0 amide bonds. The Kier molecular flexibility index (Phi) is 4.26. The molecular formula is C20H21FSn. The molecule has 0 aliphatic heterocycles. The van der Waals surface area contributed by atoms with Gasteiger partial charge in [-0.25, -0.2) is 0 Å². The number of halogens is 1. The summed E-state index contributed by atoms with van der Waals surface area (Å²) >= 11 is -1.80. The van der Waals surface area contributed by atoms with E-state index in [0.717, 1.165) is 11.1 Å². The number of hydrogen-bond donors (Lipinski definition) is 0. The summed E-state index contributed by atoms with van der Waals surface area (Å²) < 4.78 is 14.3. The standard InChI is InChI=1S/C17H12F.3CH3.Sn/c1-12-2-3-16-11-15(5-4-14(16)10-12)13-6-8-17(18)9-7-13;;;;/h2-11H,1H2;3*1H3;. The summed E-state index contributed by atoms with van der Waals surface area (Å²) in [5, 5.41) is 2.54. The van der Waals surface area contributed by atoms with Gasteiger partial charge in [0, 0.05) is 0 Å². The van der Waals surface area contributed by atoms with E-state index in [-0.39, 0.29) is 5.82 Å². The fourth-order valence-electron chi connectivity index (χ4n) is 2.84. The van der Waals surface area contributed by atoms with Gasteiger partial charge in [0.1, 0.15) is 0 Å². The summed E-state index contributed by atoms with van der Waals surface area (Å²) in [7, 11) is 0. The molecule has 0 atom stereocenters. The normalized spacial score (nSPS) is 11.8. The Morgan fingerprint density at radius 1 is 0.727 bits per heavy atom. The van der Waals surface area contributed by atoms with Crippen molar-refractivity contribution in [1.82, 2.24) is 0 Å². The van der Waals surface area contributed by atoms with E-state index < -0.39 is 18.4 Å². The molecule has 0 nitrogen and oxygen atoms in total. The van der Waals surface area contributed by atoms with Crippen molar-refractivity contribution in [1.29, 1.82) is 0 Å². The molecule has 0 spiro atoms. The zero-order valence-electron chi connectivity index (χ0n) is 13.4. The molecule has 112 valence electrons. The molecule has 3 aromatic rings. The first-order valence-electron chi connectivity index (χ1n) is 7.69. The molecule has 0 unspecified atom stereocenters. The van der Waals surface area contributed by atoms with E-state index in [1.165, 1.54) is 32.9 Å². The van der Waals surface area contributed by atoms with Crippen LogP contribution in [0.4, 0.5) is 4.39 Å². The van der Waals surface area contributed by atoms with Gasteiger partial charge in [-0.2, -0.15) is 0 Å². The van der Waals surface area contributed by atoms with Gasteiger partial charge in [-0.3, -0.25) is 0 Å². The van der Waals surface area contributed by atoms with Crippen LogP contribution >= 0.6 is 0 Å². The molecule has 0 heterocycles. The molecule has 0 aliphatic carbocycles. The van der Waals surface area contributed by atoms with Crippen LogP contribution in [0, 0.1) is 5.82 Å². The summed E-state index contributed by atoms with van der Waals surface area (Å²) in [6, 6.07) is 20.0. The van der Waals surface area contributed by atoms with Crippen molar-refractivity contribution >= 4 is 29.1 Å². The average Bonchev–Trinajstić information content (AvgIpc) is 2.46. The van der Waals surface area contributed by atoms with Crippen LogP contribution < -0.4 is 0 Å². The van der Waals surface area contributed by atoms with E-state index in [1.54, 1.807) is 0 Å². The van der Waals surface area contributed by atoms with E-state index in [1.807, 2.05) is 12.1 Å². The van der Waals surface area contributed by atoms with Crippen molar-refractivity contribution in [3.63, 3.8) is 0 Å². The van der Waals surface area contributed by atoms with E-state index in [9.17, 15) is 4.39 Å². The third-order valence-electron chi connectivity index (χ3n) is 3.82. The zero-order chi connectivity index (χ0) is 15.7. The molecule has 0 radical (unpaired) electrons. The predicted molar refractivity (Wildman–Crippen MR) is 96.4 cm³/mol. The third-order valence-corrected chi connectivity index (χ3v) is 8.01. The molecule has 0 saturated heterocycles. The fraction of sp³-hybridized carbons (Fsp3) is 0.200. The van der Waals surface area contributed by atoms with Crippen LogP contribution in [-0.2, 0) is 4.44 Å². The Balaban J connectivity index is 1.97. The SMILES string of the molecule is [CH3][Sn]([CH3])([CH3])[CH2]c1ccc2cc(-c3ccc(F)cc3)ccc2c1. The van der Waals surface area contributed by atoms with Crippen LogP contribution in [0.2, 0.25) is 14.8 Å². The topological polar surface area (TPSA) is 0 Å². The minimum absolute atomic E-state index is 0.192. The fourth-order valence-corrected chi connectivity index (χ4v) is 6.96. The van der Waals surface area contributed by atoms with Gasteiger partial charge in [0.15, 0.2) is 0 Å². The number of hydrogen-bond acceptors (Lipinski definition) is 0. The van der Waals surface area contributed by atoms with Crippen molar-refractivity contribution in [2.75, 3.05) is 0 Å². The molecule has 0 bridgehead atoms. The maximum atomic E-state index is 13.0. The van der Waals surface area contributed by atoms with Crippen LogP contribution in [0.1, 0.15) is 5.56 Å². The van der Waals surface area contributed by atoms with Crippen LogP contribution in [0.3, 0.4) is 0 Å². The summed E-state index contributed by atoms with van der Waals surface area (Å²) in [4.78, 5) is 7.41. The van der Waals surface area contributed by atoms with E-state index >= 15 is 0 Å². The van der Waals surface area contributed by atoms with E-state index in [4.69, 9.17) is 0 Å². The molecule has 22 heavy (non-hydrogen) atoms. The van der Waals surface area contributed by atoms with Crippen molar-refractivity contribution in [2.45, 2.75) is 19.3 Å². The quantitative estimate of drug-likeness (QED) is 0.470. The number of rotatable bonds is 3. The third kappa shape index (κ3) is 3.70.